The highest BCUT2D eigenvalue weighted by Crippen LogP contribution is 2.32. The second-order valence-corrected chi connectivity index (χ2v) is 10.6. The molecule has 6 heteroatoms. The monoisotopic (exact) mass is 570 g/mol. The van der Waals surface area contributed by atoms with Gasteiger partial charge in [-0.1, -0.05) is 103 Å². The standard InChI is InChI=1S/C37H34N2O4/c1-26-18-20-27(21-19-26)22-24-39(25-23-35(40)41)37(43)33-16-8-6-14-31(33)30-13-5-7-15-32(30)36(42)38(2)34-17-9-11-28-10-3-4-12-29(28)34/h3-21H,22-25H2,1-2H3,(H,40,41). The number of rotatable bonds is 10. The number of carboxylic acids is 1. The van der Waals surface area contributed by atoms with Crippen LogP contribution in [0.5, 0.6) is 0 Å². The van der Waals surface area contributed by atoms with Crippen molar-refractivity contribution in [2.75, 3.05) is 25.0 Å². The molecule has 0 unspecified atom stereocenters. The Morgan fingerprint density at radius 1 is 0.651 bits per heavy atom. The maximum atomic E-state index is 14.0. The van der Waals surface area contributed by atoms with Crippen molar-refractivity contribution >= 4 is 34.2 Å². The Morgan fingerprint density at radius 2 is 1.23 bits per heavy atom. The van der Waals surface area contributed by atoms with E-state index < -0.39 is 5.97 Å². The van der Waals surface area contributed by atoms with Crippen LogP contribution in [0.2, 0.25) is 0 Å². The molecule has 5 aromatic rings. The molecule has 0 saturated carbocycles. The number of aryl methyl sites for hydroxylation is 1. The third-order valence-corrected chi connectivity index (χ3v) is 7.71. The molecule has 216 valence electrons. The van der Waals surface area contributed by atoms with E-state index >= 15 is 0 Å². The molecule has 0 aliphatic heterocycles. The number of benzene rings is 5. The fourth-order valence-corrected chi connectivity index (χ4v) is 5.33. The van der Waals surface area contributed by atoms with Gasteiger partial charge < -0.3 is 14.9 Å². The minimum absolute atomic E-state index is 0.0821. The van der Waals surface area contributed by atoms with Crippen LogP contribution in [-0.2, 0) is 11.2 Å². The number of nitrogens with zero attached hydrogens (tertiary/aromatic N) is 2. The first kappa shape index (κ1) is 29.3. The van der Waals surface area contributed by atoms with E-state index in [1.807, 2.05) is 104 Å². The first-order valence-electron chi connectivity index (χ1n) is 14.3. The second-order valence-electron chi connectivity index (χ2n) is 10.6. The largest absolute Gasteiger partial charge is 0.481 e. The third-order valence-electron chi connectivity index (χ3n) is 7.71. The number of hydrogen-bond donors (Lipinski definition) is 1. The zero-order valence-corrected chi connectivity index (χ0v) is 24.4. The maximum Gasteiger partial charge on any atom is 0.305 e. The van der Waals surface area contributed by atoms with E-state index in [2.05, 4.69) is 0 Å². The van der Waals surface area contributed by atoms with Gasteiger partial charge in [0, 0.05) is 36.7 Å². The van der Waals surface area contributed by atoms with Crippen molar-refractivity contribution in [2.45, 2.75) is 19.8 Å². The van der Waals surface area contributed by atoms with Crippen molar-refractivity contribution in [3.8, 4) is 11.1 Å². The van der Waals surface area contributed by atoms with E-state index in [1.165, 1.54) is 0 Å². The summed E-state index contributed by atoms with van der Waals surface area (Å²) < 4.78 is 0. The zero-order chi connectivity index (χ0) is 30.3. The molecule has 0 aromatic heterocycles. The molecule has 0 aliphatic carbocycles. The molecule has 0 spiro atoms. The van der Waals surface area contributed by atoms with Crippen LogP contribution in [-0.4, -0.2) is 47.9 Å². The Bertz CT molecular complexity index is 1770. The van der Waals surface area contributed by atoms with Gasteiger partial charge in [-0.05, 0) is 53.6 Å². The van der Waals surface area contributed by atoms with E-state index in [9.17, 15) is 19.5 Å². The van der Waals surface area contributed by atoms with Crippen molar-refractivity contribution in [3.63, 3.8) is 0 Å². The predicted octanol–water partition coefficient (Wildman–Crippen LogP) is 7.25. The van der Waals surface area contributed by atoms with Crippen molar-refractivity contribution in [1.29, 1.82) is 0 Å². The van der Waals surface area contributed by atoms with Gasteiger partial charge in [-0.3, -0.25) is 14.4 Å². The van der Waals surface area contributed by atoms with Gasteiger partial charge in [0.15, 0.2) is 0 Å². The first-order chi connectivity index (χ1) is 20.8. The fraction of sp³-hybridized carbons (Fsp3) is 0.162. The van der Waals surface area contributed by atoms with Crippen LogP contribution in [0.15, 0.2) is 115 Å². The number of carboxylic acid groups (broad SMARTS) is 1. The highest BCUT2D eigenvalue weighted by Gasteiger charge is 2.24. The average Bonchev–Trinajstić information content (AvgIpc) is 3.04. The van der Waals surface area contributed by atoms with Crippen molar-refractivity contribution in [1.82, 2.24) is 4.90 Å². The van der Waals surface area contributed by atoms with Crippen molar-refractivity contribution in [2.24, 2.45) is 0 Å². The lowest BCUT2D eigenvalue weighted by atomic mass is 9.93. The van der Waals surface area contributed by atoms with Gasteiger partial charge in [0.05, 0.1) is 12.1 Å². The van der Waals surface area contributed by atoms with E-state index in [0.717, 1.165) is 27.6 Å². The van der Waals surface area contributed by atoms with Gasteiger partial charge in [0.2, 0.25) is 0 Å². The SMILES string of the molecule is Cc1ccc(CCN(CCC(=O)O)C(=O)c2ccccc2-c2ccccc2C(=O)N(C)c2cccc3ccccc23)cc1. The Morgan fingerprint density at radius 3 is 1.91 bits per heavy atom. The summed E-state index contributed by atoms with van der Waals surface area (Å²) in [6.45, 7) is 2.47. The number of hydrogen-bond acceptors (Lipinski definition) is 3. The predicted molar refractivity (Wildman–Crippen MR) is 172 cm³/mol. The summed E-state index contributed by atoms with van der Waals surface area (Å²) in [5.74, 6) is -1.43. The van der Waals surface area contributed by atoms with Crippen LogP contribution in [0, 0.1) is 6.92 Å². The molecule has 0 atom stereocenters. The summed E-state index contributed by atoms with van der Waals surface area (Å²) in [7, 11) is 1.76. The van der Waals surface area contributed by atoms with E-state index in [0.29, 0.717) is 35.2 Å². The number of carbonyl (C=O) groups excluding carboxylic acids is 2. The summed E-state index contributed by atoms with van der Waals surface area (Å²) in [6.07, 6.45) is 0.436. The summed E-state index contributed by atoms with van der Waals surface area (Å²) in [5, 5.41) is 11.4. The molecule has 0 aliphatic rings. The molecule has 5 rings (SSSR count). The molecule has 43 heavy (non-hydrogen) atoms. The molecule has 0 saturated heterocycles. The molecular weight excluding hydrogens is 536 g/mol. The lowest BCUT2D eigenvalue weighted by Gasteiger charge is -2.25. The highest BCUT2D eigenvalue weighted by molar-refractivity contribution is 6.14. The van der Waals surface area contributed by atoms with Crippen LogP contribution in [0.3, 0.4) is 0 Å². The normalized spacial score (nSPS) is 10.8. The topological polar surface area (TPSA) is 77.9 Å². The summed E-state index contributed by atoms with van der Waals surface area (Å²) >= 11 is 0. The number of anilines is 1. The second kappa shape index (κ2) is 13.2. The van der Waals surface area contributed by atoms with E-state index in [4.69, 9.17) is 0 Å². The van der Waals surface area contributed by atoms with Crippen molar-refractivity contribution in [3.05, 3.63) is 138 Å². The maximum absolute atomic E-state index is 14.0. The summed E-state index contributed by atoms with van der Waals surface area (Å²) in [6, 6.07) is 36.4. The molecule has 0 radical (unpaired) electrons. The minimum Gasteiger partial charge on any atom is -0.481 e. The Kier molecular flexibility index (Phi) is 8.96. The van der Waals surface area contributed by atoms with E-state index in [-0.39, 0.29) is 24.8 Å². The van der Waals surface area contributed by atoms with Crippen LogP contribution in [0.1, 0.15) is 38.3 Å². The van der Waals surface area contributed by atoms with Gasteiger partial charge >= 0.3 is 5.97 Å². The quantitative estimate of drug-likeness (QED) is 0.192. The highest BCUT2D eigenvalue weighted by atomic mass is 16.4. The van der Waals surface area contributed by atoms with Gasteiger partial charge in [-0.2, -0.15) is 0 Å². The Hall–Kier alpha value is -5.23. The lowest BCUT2D eigenvalue weighted by molar-refractivity contribution is -0.137. The third kappa shape index (κ3) is 6.65. The smallest absolute Gasteiger partial charge is 0.305 e. The molecule has 0 fully saturated rings. The lowest BCUT2D eigenvalue weighted by Crippen LogP contribution is -2.35. The molecular formula is C37H34N2O4. The number of carbonyl (C=O) groups is 3. The number of amides is 2. The van der Waals surface area contributed by atoms with Crippen LogP contribution >= 0.6 is 0 Å². The molecule has 6 nitrogen and oxygen atoms in total. The first-order valence-corrected chi connectivity index (χ1v) is 14.3. The number of aliphatic carboxylic acids is 1. The fourth-order valence-electron chi connectivity index (χ4n) is 5.33. The number of fused-ring (bicyclic) bond motifs is 1. The average molecular weight is 571 g/mol. The molecule has 0 heterocycles. The van der Waals surface area contributed by atoms with Crippen molar-refractivity contribution < 1.29 is 19.5 Å². The molecule has 0 bridgehead atoms. The van der Waals surface area contributed by atoms with Crippen LogP contribution in [0.25, 0.3) is 21.9 Å². The Labute approximate surface area is 251 Å². The summed E-state index contributed by atoms with van der Waals surface area (Å²) in [5.41, 5.74) is 5.16. The van der Waals surface area contributed by atoms with Gasteiger partial charge in [-0.25, -0.2) is 0 Å². The van der Waals surface area contributed by atoms with E-state index in [1.54, 1.807) is 35.0 Å². The van der Waals surface area contributed by atoms with Gasteiger partial charge in [0.1, 0.15) is 0 Å². The molecule has 5 aromatic carbocycles. The molecule has 2 amide bonds. The van der Waals surface area contributed by atoms with Crippen LogP contribution < -0.4 is 4.90 Å². The molecule has 1 N–H and O–H groups in total. The zero-order valence-electron chi connectivity index (χ0n) is 24.4. The minimum atomic E-state index is -0.964. The van der Waals surface area contributed by atoms with Crippen LogP contribution in [0.4, 0.5) is 5.69 Å². The Balaban J connectivity index is 1.48. The van der Waals surface area contributed by atoms with Gasteiger partial charge in [0.25, 0.3) is 11.8 Å². The van der Waals surface area contributed by atoms with Gasteiger partial charge in [-0.15, -0.1) is 0 Å². The summed E-state index contributed by atoms with van der Waals surface area (Å²) in [4.78, 5) is 42.8.